The van der Waals surface area contributed by atoms with Gasteiger partial charge in [-0.25, -0.2) is 0 Å². The molecule has 0 amide bonds. The fourth-order valence-corrected chi connectivity index (χ4v) is 8.22. The quantitative estimate of drug-likeness (QED) is 0.235. The molecule has 1 heterocycles. The molecule has 0 spiro atoms. The number of hydrogen-bond donors (Lipinski definition) is 0. The molecule has 2 atom stereocenters. The van der Waals surface area contributed by atoms with Crippen molar-refractivity contribution in [1.82, 2.24) is 0 Å². The first kappa shape index (κ1) is 30.5. The van der Waals surface area contributed by atoms with Gasteiger partial charge in [-0.2, -0.15) is 0 Å². The van der Waals surface area contributed by atoms with Crippen LogP contribution in [0.5, 0.6) is 0 Å². The summed E-state index contributed by atoms with van der Waals surface area (Å²) in [6.07, 6.45) is 5.02. The van der Waals surface area contributed by atoms with Crippen molar-refractivity contribution < 1.29 is 0 Å². The molecule has 0 saturated heterocycles. The molecule has 1 aliphatic heterocycles. The lowest BCUT2D eigenvalue weighted by atomic mass is 9.61. The molecule has 1 fully saturated rings. The Morgan fingerprint density at radius 3 is 1.73 bits per heavy atom. The van der Waals surface area contributed by atoms with Gasteiger partial charge >= 0.3 is 0 Å². The second-order valence-corrected chi connectivity index (χ2v) is 16.1. The molecule has 230 valence electrons. The van der Waals surface area contributed by atoms with Crippen LogP contribution in [0.15, 0.2) is 84.9 Å². The molecule has 4 aromatic carbocycles. The molecular weight excluding hydrogens is 532 g/mol. The third-order valence-electron chi connectivity index (χ3n) is 10.8. The van der Waals surface area contributed by atoms with E-state index in [1.54, 1.807) is 5.56 Å². The summed E-state index contributed by atoms with van der Waals surface area (Å²) >= 11 is 0. The predicted molar refractivity (Wildman–Crippen MR) is 191 cm³/mol. The summed E-state index contributed by atoms with van der Waals surface area (Å²) in [4.78, 5) is 5.19. The zero-order valence-corrected chi connectivity index (χ0v) is 28.8. The average molecular weight is 585 g/mol. The molecule has 0 aromatic heterocycles. The lowest BCUT2D eigenvalue weighted by Gasteiger charge is -2.50. The Morgan fingerprint density at radius 2 is 1.16 bits per heavy atom. The molecule has 0 bridgehead atoms. The highest BCUT2D eigenvalue weighted by Crippen LogP contribution is 2.62. The van der Waals surface area contributed by atoms with Crippen molar-refractivity contribution in [3.63, 3.8) is 0 Å². The van der Waals surface area contributed by atoms with Crippen LogP contribution in [0.3, 0.4) is 0 Å². The van der Waals surface area contributed by atoms with Crippen LogP contribution in [-0.4, -0.2) is 5.54 Å². The molecule has 6 rings (SSSR count). The number of rotatable bonds is 4. The minimum Gasteiger partial charge on any atom is -0.334 e. The largest absolute Gasteiger partial charge is 0.334 e. The summed E-state index contributed by atoms with van der Waals surface area (Å²) in [5.41, 5.74) is 13.6. The summed E-state index contributed by atoms with van der Waals surface area (Å²) in [5.74, 6) is 0. The normalized spacial score (nSPS) is 21.6. The van der Waals surface area contributed by atoms with Gasteiger partial charge in [-0.05, 0) is 121 Å². The first-order chi connectivity index (χ1) is 20.6. The first-order valence-electron chi connectivity index (χ1n) is 16.7. The van der Waals surface area contributed by atoms with Gasteiger partial charge in [0.15, 0.2) is 0 Å². The molecule has 4 aromatic rings. The fourth-order valence-electron chi connectivity index (χ4n) is 8.22. The van der Waals surface area contributed by atoms with Gasteiger partial charge in [-0.3, -0.25) is 0 Å². The number of anilines is 5. The van der Waals surface area contributed by atoms with Gasteiger partial charge in [0, 0.05) is 33.9 Å². The van der Waals surface area contributed by atoms with Crippen molar-refractivity contribution >= 4 is 28.4 Å². The van der Waals surface area contributed by atoms with Gasteiger partial charge < -0.3 is 9.80 Å². The Bertz CT molecular complexity index is 1640. The van der Waals surface area contributed by atoms with Crippen LogP contribution in [0.4, 0.5) is 28.4 Å². The van der Waals surface area contributed by atoms with Gasteiger partial charge in [0.05, 0.1) is 5.54 Å². The minimum absolute atomic E-state index is 0.0217. The first-order valence-corrected chi connectivity index (χ1v) is 16.7. The summed E-state index contributed by atoms with van der Waals surface area (Å²) in [5, 5.41) is 0. The molecule has 2 heteroatoms. The van der Waals surface area contributed by atoms with E-state index >= 15 is 0 Å². The predicted octanol–water partition coefficient (Wildman–Crippen LogP) is 12.1. The van der Waals surface area contributed by atoms with Crippen LogP contribution in [0.2, 0.25) is 0 Å². The van der Waals surface area contributed by atoms with E-state index in [-0.39, 0.29) is 21.8 Å². The molecule has 2 unspecified atom stereocenters. The molecule has 1 aliphatic carbocycles. The monoisotopic (exact) mass is 584 g/mol. The van der Waals surface area contributed by atoms with Crippen molar-refractivity contribution in [1.29, 1.82) is 0 Å². The average Bonchev–Trinajstić information content (AvgIpc) is 3.16. The fraction of sp³-hybridized carbons (Fsp3) is 0.429. The molecule has 1 saturated carbocycles. The van der Waals surface area contributed by atoms with Gasteiger partial charge in [-0.1, -0.05) is 97.7 Å². The maximum atomic E-state index is 2.72. The van der Waals surface area contributed by atoms with Crippen LogP contribution < -0.4 is 9.80 Å². The number of nitrogens with zero attached hydrogens (tertiary/aromatic N) is 2. The highest BCUT2D eigenvalue weighted by atomic mass is 15.3. The minimum atomic E-state index is 0.0217. The van der Waals surface area contributed by atoms with Gasteiger partial charge in [0.2, 0.25) is 0 Å². The van der Waals surface area contributed by atoms with Crippen LogP contribution >= 0.6 is 0 Å². The third kappa shape index (κ3) is 4.95. The van der Waals surface area contributed by atoms with Crippen molar-refractivity contribution in [2.24, 2.45) is 0 Å². The Labute approximate surface area is 267 Å². The zero-order valence-electron chi connectivity index (χ0n) is 28.8. The second-order valence-electron chi connectivity index (χ2n) is 16.1. The molecule has 2 aliphatic rings. The van der Waals surface area contributed by atoms with Crippen LogP contribution in [0.1, 0.15) is 109 Å². The summed E-state index contributed by atoms with van der Waals surface area (Å²) in [6.45, 7) is 23.5. The Kier molecular flexibility index (Phi) is 7.31. The van der Waals surface area contributed by atoms with Crippen molar-refractivity contribution in [3.8, 4) is 0 Å². The van der Waals surface area contributed by atoms with Crippen molar-refractivity contribution in [2.45, 2.75) is 117 Å². The topological polar surface area (TPSA) is 6.48 Å². The van der Waals surface area contributed by atoms with Crippen molar-refractivity contribution in [2.75, 3.05) is 9.80 Å². The zero-order chi connectivity index (χ0) is 31.7. The van der Waals surface area contributed by atoms with E-state index < -0.39 is 0 Å². The van der Waals surface area contributed by atoms with Crippen LogP contribution in [-0.2, 0) is 16.2 Å². The second kappa shape index (κ2) is 10.5. The van der Waals surface area contributed by atoms with Gasteiger partial charge in [0.25, 0.3) is 0 Å². The van der Waals surface area contributed by atoms with Gasteiger partial charge in [-0.15, -0.1) is 0 Å². The molecular formula is C42H52N2. The van der Waals surface area contributed by atoms with E-state index in [0.29, 0.717) is 0 Å². The van der Waals surface area contributed by atoms with Crippen LogP contribution in [0.25, 0.3) is 0 Å². The Hall–Kier alpha value is -3.52. The number of benzene rings is 4. The number of aryl methyl sites for hydroxylation is 2. The lowest BCUT2D eigenvalue weighted by molar-refractivity contribution is 0.194. The highest BCUT2D eigenvalue weighted by Gasteiger charge is 2.58. The lowest BCUT2D eigenvalue weighted by Crippen LogP contribution is -2.54. The summed E-state index contributed by atoms with van der Waals surface area (Å²) in [6, 6.07) is 32.4. The Balaban J connectivity index is 1.56. The van der Waals surface area contributed by atoms with Gasteiger partial charge in [0.1, 0.15) is 0 Å². The van der Waals surface area contributed by atoms with E-state index in [4.69, 9.17) is 0 Å². The smallest absolute Gasteiger partial charge is 0.0518 e. The molecule has 44 heavy (non-hydrogen) atoms. The van der Waals surface area contributed by atoms with E-state index in [0.717, 1.165) is 0 Å². The van der Waals surface area contributed by atoms with E-state index in [1.807, 2.05) is 0 Å². The van der Waals surface area contributed by atoms with E-state index in [9.17, 15) is 0 Å². The molecule has 0 radical (unpaired) electrons. The van der Waals surface area contributed by atoms with E-state index in [2.05, 4.69) is 164 Å². The number of fused-ring (bicyclic) bond motifs is 3. The third-order valence-corrected chi connectivity index (χ3v) is 10.8. The maximum Gasteiger partial charge on any atom is 0.0518 e. The maximum absolute atomic E-state index is 2.72. The standard InChI is InChI=1S/C42H52N2/c1-29-24-30(2)38-37(25-29)44(42(10)23-12-11-22-41(38,42)9)36-21-15-20-35(28-36)43(33-18-13-16-31(26-33)39(3,4)5)34-19-14-17-32(27-34)40(6,7)8/h13-21,24-28H,11-12,22-23H2,1-10H3. The van der Waals surface area contributed by atoms with E-state index in [1.165, 1.54) is 76.4 Å². The molecule has 0 N–H and O–H groups in total. The molecule has 2 nitrogen and oxygen atoms in total. The highest BCUT2D eigenvalue weighted by molar-refractivity contribution is 5.83. The summed E-state index contributed by atoms with van der Waals surface area (Å²) < 4.78 is 0. The Morgan fingerprint density at radius 1 is 0.636 bits per heavy atom. The SMILES string of the molecule is Cc1cc(C)c2c(c1)N(c1cccc(N(c3cccc(C(C)(C)C)c3)c3cccc(C(C)(C)C)c3)c1)C1(C)CCCCC21C. The van der Waals surface area contributed by atoms with Crippen molar-refractivity contribution in [3.05, 3.63) is 113 Å². The summed E-state index contributed by atoms with van der Waals surface area (Å²) in [7, 11) is 0. The van der Waals surface area contributed by atoms with Crippen LogP contribution in [0, 0.1) is 13.8 Å². The number of hydrogen-bond acceptors (Lipinski definition) is 2.